The van der Waals surface area contributed by atoms with Crippen LogP contribution >= 0.6 is 0 Å². The van der Waals surface area contributed by atoms with Crippen molar-refractivity contribution in [2.75, 3.05) is 13.9 Å². The zero-order valence-corrected chi connectivity index (χ0v) is 12.9. The fraction of sp³-hybridized carbons (Fsp3) is 0.167. The van der Waals surface area contributed by atoms with Crippen LogP contribution in [0.5, 0.6) is 17.2 Å². The smallest absolute Gasteiger partial charge is 0.307 e. The van der Waals surface area contributed by atoms with E-state index in [0.717, 1.165) is 5.56 Å². The van der Waals surface area contributed by atoms with Crippen LogP contribution in [0.2, 0.25) is 0 Å². The lowest BCUT2D eigenvalue weighted by Crippen LogP contribution is -2.00. The SMILES string of the molecule is COc1cccc(-c2oc3cc4c(cc3c2CC(=O)O)OCO4)c1. The summed E-state index contributed by atoms with van der Waals surface area (Å²) in [5, 5.41) is 10.00. The molecule has 0 spiro atoms. The Labute approximate surface area is 137 Å². The molecule has 0 radical (unpaired) electrons. The normalized spacial score (nSPS) is 12.5. The van der Waals surface area contributed by atoms with Crippen molar-refractivity contribution < 1.29 is 28.5 Å². The molecule has 0 saturated carbocycles. The van der Waals surface area contributed by atoms with Crippen molar-refractivity contribution in [3.63, 3.8) is 0 Å². The summed E-state index contributed by atoms with van der Waals surface area (Å²) in [4.78, 5) is 11.3. The van der Waals surface area contributed by atoms with E-state index in [-0.39, 0.29) is 13.2 Å². The van der Waals surface area contributed by atoms with Crippen LogP contribution in [-0.2, 0) is 11.2 Å². The lowest BCUT2D eigenvalue weighted by molar-refractivity contribution is -0.136. The molecule has 4 rings (SSSR count). The number of carboxylic acid groups (broad SMARTS) is 1. The van der Waals surface area contributed by atoms with Crippen molar-refractivity contribution in [3.8, 4) is 28.6 Å². The topological polar surface area (TPSA) is 78.1 Å². The Hall–Kier alpha value is -3.15. The van der Waals surface area contributed by atoms with Gasteiger partial charge in [0.05, 0.1) is 13.5 Å². The monoisotopic (exact) mass is 326 g/mol. The quantitative estimate of drug-likeness (QED) is 0.791. The molecule has 0 unspecified atom stereocenters. The van der Waals surface area contributed by atoms with E-state index in [1.54, 1.807) is 19.2 Å². The van der Waals surface area contributed by atoms with Gasteiger partial charge in [0.1, 0.15) is 17.1 Å². The molecule has 6 nitrogen and oxygen atoms in total. The van der Waals surface area contributed by atoms with Gasteiger partial charge in [-0.05, 0) is 18.2 Å². The third kappa shape index (κ3) is 2.32. The van der Waals surface area contributed by atoms with Gasteiger partial charge in [-0.15, -0.1) is 0 Å². The fourth-order valence-electron chi connectivity index (χ4n) is 2.86. The molecule has 3 aromatic rings. The lowest BCUT2D eigenvalue weighted by Gasteiger charge is -2.04. The summed E-state index contributed by atoms with van der Waals surface area (Å²) in [6, 6.07) is 10.8. The van der Waals surface area contributed by atoms with Crippen LogP contribution in [0.25, 0.3) is 22.3 Å². The molecular formula is C18H14O6. The number of carboxylic acids is 1. The molecular weight excluding hydrogens is 312 g/mol. The molecule has 1 aromatic heterocycles. The Balaban J connectivity index is 1.94. The number of furan rings is 1. The Bertz CT molecular complexity index is 940. The van der Waals surface area contributed by atoms with Gasteiger partial charge in [-0.3, -0.25) is 4.79 Å². The summed E-state index contributed by atoms with van der Waals surface area (Å²) in [5.74, 6) is 1.43. The third-order valence-corrected chi connectivity index (χ3v) is 3.95. The van der Waals surface area contributed by atoms with E-state index in [0.29, 0.717) is 39.5 Å². The maximum Gasteiger partial charge on any atom is 0.307 e. The highest BCUT2D eigenvalue weighted by Gasteiger charge is 2.23. The van der Waals surface area contributed by atoms with E-state index < -0.39 is 5.97 Å². The summed E-state index contributed by atoms with van der Waals surface area (Å²) >= 11 is 0. The van der Waals surface area contributed by atoms with E-state index in [2.05, 4.69) is 0 Å². The van der Waals surface area contributed by atoms with Crippen LogP contribution in [0.3, 0.4) is 0 Å². The zero-order valence-electron chi connectivity index (χ0n) is 12.9. The predicted molar refractivity (Wildman–Crippen MR) is 85.7 cm³/mol. The van der Waals surface area contributed by atoms with Gasteiger partial charge >= 0.3 is 5.97 Å². The van der Waals surface area contributed by atoms with Crippen molar-refractivity contribution in [2.24, 2.45) is 0 Å². The largest absolute Gasteiger partial charge is 0.497 e. The molecule has 1 aliphatic heterocycles. The molecule has 0 aliphatic carbocycles. The molecule has 2 heterocycles. The first-order valence-electron chi connectivity index (χ1n) is 7.37. The second kappa shape index (κ2) is 5.49. The average Bonchev–Trinajstić information content (AvgIpc) is 3.17. The van der Waals surface area contributed by atoms with Crippen LogP contribution < -0.4 is 14.2 Å². The first-order valence-corrected chi connectivity index (χ1v) is 7.37. The molecule has 0 saturated heterocycles. The minimum atomic E-state index is -0.931. The van der Waals surface area contributed by atoms with Gasteiger partial charge in [-0.1, -0.05) is 12.1 Å². The second-order valence-corrected chi connectivity index (χ2v) is 5.41. The van der Waals surface area contributed by atoms with Gasteiger partial charge in [-0.2, -0.15) is 0 Å². The van der Waals surface area contributed by atoms with Gasteiger partial charge in [0.25, 0.3) is 0 Å². The van der Waals surface area contributed by atoms with E-state index in [4.69, 9.17) is 18.6 Å². The molecule has 1 aliphatic rings. The van der Waals surface area contributed by atoms with Gasteiger partial charge in [0.2, 0.25) is 6.79 Å². The minimum Gasteiger partial charge on any atom is -0.497 e. The number of methoxy groups -OCH3 is 1. The van der Waals surface area contributed by atoms with Gasteiger partial charge in [0.15, 0.2) is 11.5 Å². The highest BCUT2D eigenvalue weighted by atomic mass is 16.7. The maximum atomic E-state index is 11.3. The van der Waals surface area contributed by atoms with E-state index in [9.17, 15) is 9.90 Å². The number of fused-ring (bicyclic) bond motifs is 2. The summed E-state index contributed by atoms with van der Waals surface area (Å²) in [6.07, 6.45) is -0.154. The summed E-state index contributed by atoms with van der Waals surface area (Å²) < 4.78 is 21.9. The Kier molecular flexibility index (Phi) is 3.30. The zero-order chi connectivity index (χ0) is 16.7. The first kappa shape index (κ1) is 14.4. The van der Waals surface area contributed by atoms with Crippen LogP contribution in [0.1, 0.15) is 5.56 Å². The Morgan fingerprint density at radius 1 is 1.21 bits per heavy atom. The summed E-state index contributed by atoms with van der Waals surface area (Å²) in [6.45, 7) is 0.152. The number of hydrogen-bond donors (Lipinski definition) is 1. The van der Waals surface area contributed by atoms with E-state index >= 15 is 0 Å². The number of carbonyl (C=O) groups is 1. The van der Waals surface area contributed by atoms with Crippen molar-refractivity contribution in [3.05, 3.63) is 42.0 Å². The Morgan fingerprint density at radius 2 is 2.00 bits per heavy atom. The number of rotatable bonds is 4. The van der Waals surface area contributed by atoms with E-state index in [1.807, 2.05) is 24.3 Å². The van der Waals surface area contributed by atoms with Crippen LogP contribution in [0.15, 0.2) is 40.8 Å². The lowest BCUT2D eigenvalue weighted by atomic mass is 10.0. The molecule has 6 heteroatoms. The number of hydrogen-bond acceptors (Lipinski definition) is 5. The molecule has 2 aromatic carbocycles. The molecule has 122 valence electrons. The van der Waals surface area contributed by atoms with Gasteiger partial charge in [0, 0.05) is 22.6 Å². The number of benzene rings is 2. The molecule has 0 amide bonds. The second-order valence-electron chi connectivity index (χ2n) is 5.41. The minimum absolute atomic E-state index is 0.152. The molecule has 1 N–H and O–H groups in total. The van der Waals surface area contributed by atoms with Crippen molar-refractivity contribution in [1.82, 2.24) is 0 Å². The fourth-order valence-corrected chi connectivity index (χ4v) is 2.86. The maximum absolute atomic E-state index is 11.3. The van der Waals surface area contributed by atoms with Crippen LogP contribution in [-0.4, -0.2) is 25.0 Å². The highest BCUT2D eigenvalue weighted by Crippen LogP contribution is 2.42. The van der Waals surface area contributed by atoms with Crippen LogP contribution in [0.4, 0.5) is 0 Å². The van der Waals surface area contributed by atoms with Crippen LogP contribution in [0, 0.1) is 0 Å². The average molecular weight is 326 g/mol. The highest BCUT2D eigenvalue weighted by molar-refractivity contribution is 5.93. The molecule has 24 heavy (non-hydrogen) atoms. The van der Waals surface area contributed by atoms with Gasteiger partial charge < -0.3 is 23.7 Å². The molecule has 0 fully saturated rings. The van der Waals surface area contributed by atoms with Crippen molar-refractivity contribution in [1.29, 1.82) is 0 Å². The van der Waals surface area contributed by atoms with Gasteiger partial charge in [-0.25, -0.2) is 0 Å². The predicted octanol–water partition coefficient (Wildman–Crippen LogP) is 3.46. The first-order chi connectivity index (χ1) is 11.7. The molecule has 0 bridgehead atoms. The summed E-state index contributed by atoms with van der Waals surface area (Å²) in [5.41, 5.74) is 1.92. The third-order valence-electron chi connectivity index (χ3n) is 3.95. The summed E-state index contributed by atoms with van der Waals surface area (Å²) in [7, 11) is 1.58. The Morgan fingerprint density at radius 3 is 2.75 bits per heavy atom. The standard InChI is InChI=1S/C18H14O6/c1-21-11-4-2-3-10(5-11)18-13(7-17(19)20)12-6-15-16(23-9-22-15)8-14(12)24-18/h2-6,8H,7,9H2,1H3,(H,19,20). The van der Waals surface area contributed by atoms with Crippen molar-refractivity contribution >= 4 is 16.9 Å². The number of ether oxygens (including phenoxy) is 3. The number of aliphatic carboxylic acids is 1. The molecule has 0 atom stereocenters. The van der Waals surface area contributed by atoms with Crippen molar-refractivity contribution in [2.45, 2.75) is 6.42 Å². The van der Waals surface area contributed by atoms with E-state index in [1.165, 1.54) is 0 Å².